The molecule has 1 N–H and O–H groups in total. The molecule has 6 heteroatoms. The van der Waals surface area contributed by atoms with Gasteiger partial charge in [0.1, 0.15) is 11.9 Å². The predicted molar refractivity (Wildman–Crippen MR) is 77.4 cm³/mol. The van der Waals surface area contributed by atoms with Crippen molar-refractivity contribution in [2.45, 2.75) is 44.0 Å². The Labute approximate surface area is 125 Å². The molecule has 1 saturated carbocycles. The van der Waals surface area contributed by atoms with Crippen molar-refractivity contribution in [3.8, 4) is 6.07 Å². The summed E-state index contributed by atoms with van der Waals surface area (Å²) in [5.41, 5.74) is -0.261. The first-order valence-corrected chi connectivity index (χ1v) is 8.54. The van der Waals surface area contributed by atoms with Crippen LogP contribution in [-0.4, -0.2) is 14.5 Å². The topological polar surface area (TPSA) is 70.0 Å². The van der Waals surface area contributed by atoms with E-state index in [1.54, 1.807) is 6.07 Å². The number of rotatable bonds is 3. The summed E-state index contributed by atoms with van der Waals surface area (Å²) in [6.07, 6.45) is 2.59. The molecule has 114 valence electrons. The van der Waals surface area contributed by atoms with E-state index in [0.717, 1.165) is 31.4 Å². The van der Waals surface area contributed by atoms with Crippen LogP contribution in [0.4, 0.5) is 4.39 Å². The highest BCUT2D eigenvalue weighted by atomic mass is 32.2. The lowest BCUT2D eigenvalue weighted by Crippen LogP contribution is -2.39. The van der Waals surface area contributed by atoms with Crippen LogP contribution in [0.1, 0.15) is 38.7 Å². The standard InChI is InChI=1S/C15H19FN2O2S/c1-10-3-4-13(7-11(10)2)18-21(19,20)14-5-6-15(16)12(8-14)9-17/h5-6,8,10-11,13,18H,3-4,7H2,1-2H3. The van der Waals surface area contributed by atoms with Crippen LogP contribution in [0.2, 0.25) is 0 Å². The van der Waals surface area contributed by atoms with E-state index in [0.29, 0.717) is 11.8 Å². The number of nitriles is 1. The molecule has 0 spiro atoms. The molecule has 0 aromatic heterocycles. The molecule has 0 bridgehead atoms. The van der Waals surface area contributed by atoms with Crippen molar-refractivity contribution >= 4 is 10.0 Å². The Morgan fingerprint density at radius 1 is 1.29 bits per heavy atom. The van der Waals surface area contributed by atoms with E-state index in [9.17, 15) is 12.8 Å². The fourth-order valence-electron chi connectivity index (χ4n) is 2.70. The van der Waals surface area contributed by atoms with E-state index in [1.807, 2.05) is 0 Å². The molecule has 0 amide bonds. The van der Waals surface area contributed by atoms with Gasteiger partial charge in [0.25, 0.3) is 0 Å². The van der Waals surface area contributed by atoms with Crippen molar-refractivity contribution in [3.63, 3.8) is 0 Å². The van der Waals surface area contributed by atoms with Crippen LogP contribution in [0.25, 0.3) is 0 Å². The molecule has 1 aromatic carbocycles. The predicted octanol–water partition coefficient (Wildman–Crippen LogP) is 2.80. The third kappa shape index (κ3) is 3.60. The van der Waals surface area contributed by atoms with Gasteiger partial charge in [0.05, 0.1) is 10.5 Å². The number of nitrogens with one attached hydrogen (secondary N) is 1. The Bertz CT molecular complexity index is 667. The monoisotopic (exact) mass is 310 g/mol. The minimum Gasteiger partial charge on any atom is -0.208 e. The van der Waals surface area contributed by atoms with Gasteiger partial charge in [-0.3, -0.25) is 0 Å². The molecule has 21 heavy (non-hydrogen) atoms. The summed E-state index contributed by atoms with van der Waals surface area (Å²) in [5, 5.41) is 8.79. The lowest BCUT2D eigenvalue weighted by Gasteiger charge is -2.32. The first-order chi connectivity index (χ1) is 9.83. The second-order valence-corrected chi connectivity index (χ2v) is 7.55. The number of hydrogen-bond donors (Lipinski definition) is 1. The fraction of sp³-hybridized carbons (Fsp3) is 0.533. The maximum Gasteiger partial charge on any atom is 0.240 e. The summed E-state index contributed by atoms with van der Waals surface area (Å²) in [6, 6.07) is 4.83. The van der Waals surface area contributed by atoms with Crippen molar-refractivity contribution in [1.29, 1.82) is 5.26 Å². The summed E-state index contributed by atoms with van der Waals surface area (Å²) < 4.78 is 40.6. The summed E-state index contributed by atoms with van der Waals surface area (Å²) in [6.45, 7) is 4.30. The lowest BCUT2D eigenvalue weighted by atomic mass is 9.79. The minimum absolute atomic E-state index is 0.0632. The summed E-state index contributed by atoms with van der Waals surface area (Å²) in [4.78, 5) is -0.0632. The maximum atomic E-state index is 13.3. The molecule has 0 aliphatic heterocycles. The first kappa shape index (κ1) is 15.9. The van der Waals surface area contributed by atoms with Crippen LogP contribution in [0.15, 0.2) is 23.1 Å². The summed E-state index contributed by atoms with van der Waals surface area (Å²) in [5.74, 6) is 0.354. The van der Waals surface area contributed by atoms with Crippen LogP contribution in [-0.2, 0) is 10.0 Å². The van der Waals surface area contributed by atoms with Crippen molar-refractivity contribution < 1.29 is 12.8 Å². The molecule has 2 rings (SSSR count). The number of hydrogen-bond acceptors (Lipinski definition) is 3. The van der Waals surface area contributed by atoms with Gasteiger partial charge in [-0.15, -0.1) is 0 Å². The van der Waals surface area contributed by atoms with Crippen molar-refractivity contribution in [2.24, 2.45) is 11.8 Å². The largest absolute Gasteiger partial charge is 0.240 e. The van der Waals surface area contributed by atoms with Gasteiger partial charge in [0.15, 0.2) is 0 Å². The Hall–Kier alpha value is -1.45. The van der Waals surface area contributed by atoms with Crippen LogP contribution in [0, 0.1) is 29.0 Å². The fourth-order valence-corrected chi connectivity index (χ4v) is 4.01. The van der Waals surface area contributed by atoms with Crippen LogP contribution in [0.3, 0.4) is 0 Å². The van der Waals surface area contributed by atoms with Gasteiger partial charge in [0.2, 0.25) is 10.0 Å². The Morgan fingerprint density at radius 3 is 2.62 bits per heavy atom. The quantitative estimate of drug-likeness (QED) is 0.933. The van der Waals surface area contributed by atoms with Gasteiger partial charge >= 0.3 is 0 Å². The second-order valence-electron chi connectivity index (χ2n) is 5.84. The molecule has 1 aliphatic rings. The number of halogens is 1. The lowest BCUT2D eigenvalue weighted by molar-refractivity contribution is 0.242. The van der Waals surface area contributed by atoms with Gasteiger partial charge in [-0.2, -0.15) is 5.26 Å². The Balaban J connectivity index is 2.18. The van der Waals surface area contributed by atoms with Crippen molar-refractivity contribution in [1.82, 2.24) is 4.72 Å². The van der Waals surface area contributed by atoms with Gasteiger partial charge in [-0.05, 0) is 49.3 Å². The molecular weight excluding hydrogens is 291 g/mol. The van der Waals surface area contributed by atoms with Gasteiger partial charge in [0, 0.05) is 6.04 Å². The number of sulfonamides is 1. The third-order valence-corrected chi connectivity index (χ3v) is 5.81. The molecule has 4 nitrogen and oxygen atoms in total. The Morgan fingerprint density at radius 2 is 2.00 bits per heavy atom. The van der Waals surface area contributed by atoms with Crippen molar-refractivity contribution in [3.05, 3.63) is 29.6 Å². The zero-order valence-corrected chi connectivity index (χ0v) is 13.0. The molecular formula is C15H19FN2O2S. The molecule has 1 aliphatic carbocycles. The van der Waals surface area contributed by atoms with Crippen LogP contribution >= 0.6 is 0 Å². The third-order valence-electron chi connectivity index (χ3n) is 4.29. The van der Waals surface area contributed by atoms with Gasteiger partial charge in [-0.1, -0.05) is 13.8 Å². The smallest absolute Gasteiger partial charge is 0.208 e. The minimum atomic E-state index is -3.72. The van der Waals surface area contributed by atoms with E-state index >= 15 is 0 Å². The molecule has 0 radical (unpaired) electrons. The van der Waals surface area contributed by atoms with E-state index < -0.39 is 15.8 Å². The van der Waals surface area contributed by atoms with Crippen molar-refractivity contribution in [2.75, 3.05) is 0 Å². The van der Waals surface area contributed by atoms with Crippen LogP contribution < -0.4 is 4.72 Å². The average molecular weight is 310 g/mol. The number of benzene rings is 1. The van der Waals surface area contributed by atoms with Gasteiger partial charge in [-0.25, -0.2) is 17.5 Å². The molecule has 0 saturated heterocycles. The zero-order chi connectivity index (χ0) is 15.6. The van der Waals surface area contributed by atoms with E-state index in [4.69, 9.17) is 5.26 Å². The normalized spacial score (nSPS) is 26.3. The highest BCUT2D eigenvalue weighted by Gasteiger charge is 2.28. The molecule has 3 unspecified atom stereocenters. The first-order valence-electron chi connectivity index (χ1n) is 7.05. The van der Waals surface area contributed by atoms with E-state index in [2.05, 4.69) is 18.6 Å². The Kier molecular flexibility index (Phi) is 4.64. The average Bonchev–Trinajstić information content (AvgIpc) is 2.43. The van der Waals surface area contributed by atoms with E-state index in [-0.39, 0.29) is 16.5 Å². The molecule has 1 fully saturated rings. The highest BCUT2D eigenvalue weighted by Crippen LogP contribution is 2.30. The van der Waals surface area contributed by atoms with Gasteiger partial charge < -0.3 is 0 Å². The summed E-state index contributed by atoms with van der Waals surface area (Å²) >= 11 is 0. The molecule has 0 heterocycles. The molecule has 3 atom stereocenters. The number of nitrogens with zero attached hydrogens (tertiary/aromatic N) is 1. The highest BCUT2D eigenvalue weighted by molar-refractivity contribution is 7.89. The van der Waals surface area contributed by atoms with E-state index in [1.165, 1.54) is 6.07 Å². The summed E-state index contributed by atoms with van der Waals surface area (Å²) in [7, 11) is -3.72. The zero-order valence-electron chi connectivity index (χ0n) is 12.1. The SMILES string of the molecule is CC1CCC(NS(=O)(=O)c2ccc(F)c(C#N)c2)CC1C. The maximum absolute atomic E-state index is 13.3. The van der Waals surface area contributed by atoms with Crippen LogP contribution in [0.5, 0.6) is 0 Å². The molecule has 1 aromatic rings. The second kappa shape index (κ2) is 6.12.